The molecule has 60 heavy (non-hydrogen) atoms. The molecule has 296 valence electrons. The third-order valence-electron chi connectivity index (χ3n) is 11.5. The maximum atomic E-state index is 12.5. The summed E-state index contributed by atoms with van der Waals surface area (Å²) in [5.41, 5.74) is 15.5. The summed E-state index contributed by atoms with van der Waals surface area (Å²) in [4.78, 5) is 31.1. The molecule has 8 aromatic rings. The van der Waals surface area contributed by atoms with Gasteiger partial charge in [0.15, 0.2) is 0 Å². The normalized spacial score (nSPS) is 12.8. The molecule has 7 nitrogen and oxygen atoms in total. The number of aromatic amines is 2. The van der Waals surface area contributed by atoms with Gasteiger partial charge in [-0.05, 0) is 137 Å². The molecule has 0 spiro atoms. The lowest BCUT2D eigenvalue weighted by atomic mass is 9.85. The van der Waals surface area contributed by atoms with Gasteiger partial charge in [-0.3, -0.25) is 0 Å². The van der Waals surface area contributed by atoms with E-state index in [2.05, 4.69) is 147 Å². The van der Waals surface area contributed by atoms with Crippen LogP contribution in [-0.4, -0.2) is 37.6 Å². The van der Waals surface area contributed by atoms with Gasteiger partial charge in [0.05, 0.1) is 52.0 Å². The Balaban J connectivity index is 1.24. The number of nitrogens with zero attached hydrogens (tertiary/aromatic N) is 3. The summed E-state index contributed by atoms with van der Waals surface area (Å²) in [7, 11) is 1.40. The van der Waals surface area contributed by atoms with Gasteiger partial charge in [-0.25, -0.2) is 14.8 Å². The molecule has 8 bridgehead atoms. The molecule has 0 saturated carbocycles. The number of hydrogen-bond acceptors (Lipinski definition) is 5. The van der Waals surface area contributed by atoms with Gasteiger partial charge in [0.25, 0.3) is 0 Å². The van der Waals surface area contributed by atoms with Gasteiger partial charge < -0.3 is 19.3 Å². The summed E-state index contributed by atoms with van der Waals surface area (Å²) in [5, 5.41) is 3.65. The number of esters is 1. The minimum absolute atomic E-state index is 0.0161. The first-order valence-corrected chi connectivity index (χ1v) is 21.1. The van der Waals surface area contributed by atoms with Crippen LogP contribution in [0.3, 0.4) is 0 Å². The highest BCUT2D eigenvalue weighted by atomic mass is 32.1. The molecular formula is C52H45N5O2S. The zero-order valence-corrected chi connectivity index (χ0v) is 35.6. The zero-order valence-electron chi connectivity index (χ0n) is 34.8. The van der Waals surface area contributed by atoms with E-state index in [9.17, 15) is 4.79 Å². The summed E-state index contributed by atoms with van der Waals surface area (Å²) in [6.45, 7) is 13.7. The maximum Gasteiger partial charge on any atom is 0.337 e. The molecule has 0 atom stereocenters. The van der Waals surface area contributed by atoms with E-state index in [0.717, 1.165) is 71.4 Å². The Hall–Kier alpha value is -6.77. The second-order valence-corrected chi connectivity index (χ2v) is 18.8. The molecule has 2 N–H and O–H groups in total. The van der Waals surface area contributed by atoms with Crippen LogP contribution in [0.25, 0.3) is 94.7 Å². The highest BCUT2D eigenvalue weighted by Gasteiger charge is 2.23. The van der Waals surface area contributed by atoms with Gasteiger partial charge >= 0.3 is 5.97 Å². The smallest absolute Gasteiger partial charge is 0.337 e. The van der Waals surface area contributed by atoms with Crippen LogP contribution in [0, 0.1) is 0 Å². The molecule has 10 rings (SSSR count). The van der Waals surface area contributed by atoms with Crippen LogP contribution >= 0.6 is 11.3 Å². The summed E-state index contributed by atoms with van der Waals surface area (Å²) in [5.74, 6) is -0.380. The number of hydrogen-bond donors (Lipinski definition) is 2. The lowest BCUT2D eigenvalue weighted by molar-refractivity contribution is 0.0600. The Morgan fingerprint density at radius 3 is 1.80 bits per heavy atom. The van der Waals surface area contributed by atoms with Crippen molar-refractivity contribution in [2.75, 3.05) is 7.11 Å². The number of benzene rings is 3. The lowest BCUT2D eigenvalue weighted by Gasteiger charge is -2.19. The van der Waals surface area contributed by atoms with Gasteiger partial charge in [-0.2, -0.15) is 0 Å². The Morgan fingerprint density at radius 2 is 1.20 bits per heavy atom. The fourth-order valence-electron chi connectivity index (χ4n) is 8.27. The van der Waals surface area contributed by atoms with Crippen LogP contribution in [0.1, 0.15) is 85.8 Å². The van der Waals surface area contributed by atoms with Crippen molar-refractivity contribution in [3.8, 4) is 26.6 Å². The molecule has 3 aromatic carbocycles. The first kappa shape index (κ1) is 37.5. The van der Waals surface area contributed by atoms with Gasteiger partial charge in [-0.1, -0.05) is 65.8 Å². The van der Waals surface area contributed by atoms with Crippen LogP contribution in [0.2, 0.25) is 0 Å². The van der Waals surface area contributed by atoms with Gasteiger partial charge in [-0.15, -0.1) is 11.3 Å². The van der Waals surface area contributed by atoms with E-state index in [1.807, 2.05) is 42.5 Å². The van der Waals surface area contributed by atoms with Crippen LogP contribution in [0.15, 0.2) is 109 Å². The second kappa shape index (κ2) is 13.9. The summed E-state index contributed by atoms with van der Waals surface area (Å²) >= 11 is 1.77. The molecular weight excluding hydrogens is 759 g/mol. The molecule has 0 saturated heterocycles. The number of nitrogens with one attached hydrogen (secondary N) is 2. The average Bonchev–Trinajstić information content (AvgIpc) is 4.09. The number of carbonyl (C=O) groups is 1. The van der Waals surface area contributed by atoms with Crippen molar-refractivity contribution < 1.29 is 9.53 Å². The average molecular weight is 804 g/mol. The topological polar surface area (TPSA) is 88.6 Å². The molecule has 8 heteroatoms. The van der Waals surface area contributed by atoms with Crippen molar-refractivity contribution >= 4 is 85.5 Å². The van der Waals surface area contributed by atoms with Crippen molar-refractivity contribution in [1.29, 1.82) is 0 Å². The van der Waals surface area contributed by atoms with Crippen LogP contribution in [-0.2, 0) is 15.6 Å². The molecule has 2 aliphatic rings. The quantitative estimate of drug-likeness (QED) is 0.173. The van der Waals surface area contributed by atoms with Crippen molar-refractivity contribution in [2.45, 2.75) is 52.4 Å². The van der Waals surface area contributed by atoms with Crippen LogP contribution < -0.4 is 0 Å². The lowest BCUT2D eigenvalue weighted by Crippen LogP contribution is -2.10. The van der Waals surface area contributed by atoms with E-state index in [4.69, 9.17) is 14.7 Å². The molecule has 0 fully saturated rings. The maximum absolute atomic E-state index is 12.5. The number of thiophene rings is 1. The predicted octanol–water partition coefficient (Wildman–Crippen LogP) is 13.5. The van der Waals surface area contributed by atoms with E-state index >= 15 is 0 Å². The summed E-state index contributed by atoms with van der Waals surface area (Å²) in [6.07, 6.45) is 8.19. The summed E-state index contributed by atoms with van der Waals surface area (Å²) in [6, 6.07) is 38.5. The molecule has 7 heterocycles. The van der Waals surface area contributed by atoms with Crippen molar-refractivity contribution in [2.24, 2.45) is 0 Å². The number of ether oxygens (including phenoxy) is 1. The highest BCUT2D eigenvalue weighted by molar-refractivity contribution is 7.18. The van der Waals surface area contributed by atoms with Gasteiger partial charge in [0, 0.05) is 43.3 Å². The number of methoxy groups -OCH3 is 1. The number of aromatic nitrogens is 5. The number of H-pyrrole nitrogens is 2. The van der Waals surface area contributed by atoms with Crippen molar-refractivity contribution in [3.63, 3.8) is 0 Å². The minimum atomic E-state index is -0.380. The number of carbonyl (C=O) groups excluding carboxylic acids is 1. The Bertz CT molecular complexity index is 3210. The number of rotatable bonds is 4. The van der Waals surface area contributed by atoms with Gasteiger partial charge in [0.1, 0.15) is 5.00 Å². The summed E-state index contributed by atoms with van der Waals surface area (Å²) < 4.78 is 7.47. The van der Waals surface area contributed by atoms with E-state index in [0.29, 0.717) is 5.56 Å². The molecule has 2 aliphatic heterocycles. The molecule has 5 aromatic heterocycles. The zero-order chi connectivity index (χ0) is 41.5. The predicted molar refractivity (Wildman–Crippen MR) is 251 cm³/mol. The molecule has 0 radical (unpaired) electrons. The van der Waals surface area contributed by atoms with E-state index < -0.39 is 0 Å². The molecule has 0 amide bonds. The first-order valence-electron chi connectivity index (χ1n) is 20.3. The Labute approximate surface area is 352 Å². The minimum Gasteiger partial charge on any atom is -0.465 e. The monoisotopic (exact) mass is 803 g/mol. The molecule has 0 aliphatic carbocycles. The van der Waals surface area contributed by atoms with E-state index in [1.54, 1.807) is 11.3 Å². The highest BCUT2D eigenvalue weighted by Crippen LogP contribution is 2.43. The van der Waals surface area contributed by atoms with Crippen molar-refractivity contribution in [3.05, 3.63) is 149 Å². The molecule has 0 unspecified atom stereocenters. The standard InChI is InChI=1S/C52H45N5O2S/c1-51(2,3)32-12-20-44-40(24-32)41-25-33(52(4,5)6)13-21-45(41)57(44)47-23-22-46(60-47)42-29-39-28-37-17-16-35(54-37)26-34-14-15-36(53-34)27-38-18-19-43(55-38)48(49(42)56-39)30-8-10-31(11-9-30)50(58)59-7/h8-29,53,56H,1-7H3. The van der Waals surface area contributed by atoms with Gasteiger partial charge in [0.2, 0.25) is 0 Å². The second-order valence-electron chi connectivity index (χ2n) is 17.7. The Kier molecular flexibility index (Phi) is 8.70. The fourth-order valence-corrected chi connectivity index (χ4v) is 9.33. The van der Waals surface area contributed by atoms with Crippen LogP contribution in [0.5, 0.6) is 0 Å². The van der Waals surface area contributed by atoms with E-state index in [-0.39, 0.29) is 16.8 Å². The van der Waals surface area contributed by atoms with Crippen LogP contribution in [0.4, 0.5) is 0 Å². The fraction of sp³-hybridized carbons (Fsp3) is 0.173. The van der Waals surface area contributed by atoms with E-state index in [1.165, 1.54) is 40.0 Å². The third-order valence-corrected chi connectivity index (χ3v) is 12.6. The number of fused-ring (bicyclic) bond motifs is 11. The SMILES string of the molecule is COC(=O)c1ccc(-c2c3nc(cc4ccc(cc5nc(cc6cc(-c7ccc(-n8c9ccc(C(C)(C)C)cc9c9cc(C(C)(C)C)ccc98)s7)c2[nH]6)C=C5)[nH]4)C=C3)cc1. The largest absolute Gasteiger partial charge is 0.465 e. The first-order chi connectivity index (χ1) is 28.8. The Morgan fingerprint density at radius 1 is 0.617 bits per heavy atom. The van der Waals surface area contributed by atoms with Crippen molar-refractivity contribution in [1.82, 2.24) is 24.5 Å². The third kappa shape index (κ3) is 6.67.